The van der Waals surface area contributed by atoms with Gasteiger partial charge in [0, 0.05) is 34.5 Å². The summed E-state index contributed by atoms with van der Waals surface area (Å²) in [5.74, 6) is -0.793. The van der Waals surface area contributed by atoms with Gasteiger partial charge in [-0.15, -0.1) is 0 Å². The van der Waals surface area contributed by atoms with Crippen molar-refractivity contribution in [3.63, 3.8) is 0 Å². The van der Waals surface area contributed by atoms with Crippen LogP contribution in [0.25, 0.3) is 10.9 Å². The number of benzene rings is 1. The highest BCUT2D eigenvalue weighted by molar-refractivity contribution is 9.10. The third-order valence-corrected chi connectivity index (χ3v) is 5.39. The molecule has 0 bridgehead atoms. The minimum atomic E-state index is -0.403. The average molecular weight is 471 g/mol. The molecule has 0 saturated heterocycles. The summed E-state index contributed by atoms with van der Waals surface area (Å²) < 4.78 is 0.935. The van der Waals surface area contributed by atoms with Crippen molar-refractivity contribution in [2.75, 3.05) is 13.1 Å². The summed E-state index contributed by atoms with van der Waals surface area (Å²) in [6, 6.07) is 7.44. The van der Waals surface area contributed by atoms with Gasteiger partial charge in [-0.2, -0.15) is 0 Å². The SMILES string of the molecule is CCCCCCN1C=CC(/C=C/C(=O)NNC(=O)c2cc3cc(Br)ccc3[nH]2)=CC1. The number of aromatic amines is 1. The lowest BCUT2D eigenvalue weighted by Crippen LogP contribution is -2.40. The van der Waals surface area contributed by atoms with E-state index in [0.29, 0.717) is 5.69 Å². The first-order chi connectivity index (χ1) is 14.5. The molecular weight excluding hydrogens is 444 g/mol. The standard InChI is InChI=1S/C23H27BrN4O2/c1-2-3-4-5-12-28-13-10-17(11-14-28)6-9-22(29)26-27-23(30)21-16-18-15-19(24)7-8-20(18)25-21/h6-11,13,15-16,25H,2-5,12,14H2,1H3,(H,26,29)(H,27,30)/b9-6+. The fraction of sp³-hybridized carbons (Fsp3) is 0.304. The molecule has 0 fully saturated rings. The van der Waals surface area contributed by atoms with Crippen LogP contribution in [0.1, 0.15) is 43.1 Å². The Labute approximate surface area is 185 Å². The van der Waals surface area contributed by atoms with E-state index in [1.807, 2.05) is 24.3 Å². The molecule has 30 heavy (non-hydrogen) atoms. The van der Waals surface area contributed by atoms with Gasteiger partial charge in [0.25, 0.3) is 11.8 Å². The number of rotatable bonds is 8. The number of halogens is 1. The van der Waals surface area contributed by atoms with Crippen molar-refractivity contribution in [1.29, 1.82) is 0 Å². The number of nitrogens with one attached hydrogen (secondary N) is 3. The number of amides is 2. The lowest BCUT2D eigenvalue weighted by atomic mass is 10.1. The van der Waals surface area contributed by atoms with Gasteiger partial charge in [0.05, 0.1) is 0 Å². The van der Waals surface area contributed by atoms with Gasteiger partial charge in [-0.05, 0) is 54.6 Å². The van der Waals surface area contributed by atoms with Gasteiger partial charge in [-0.25, -0.2) is 0 Å². The van der Waals surface area contributed by atoms with E-state index < -0.39 is 11.8 Å². The van der Waals surface area contributed by atoms with E-state index in [2.05, 4.69) is 55.9 Å². The molecule has 7 heteroatoms. The van der Waals surface area contributed by atoms with Gasteiger partial charge in [-0.3, -0.25) is 20.4 Å². The summed E-state index contributed by atoms with van der Waals surface area (Å²) in [5, 5.41) is 0.913. The fourth-order valence-corrected chi connectivity index (χ4v) is 3.58. The Kier molecular flexibility index (Phi) is 7.90. The fourth-order valence-electron chi connectivity index (χ4n) is 3.20. The summed E-state index contributed by atoms with van der Waals surface area (Å²) in [7, 11) is 0. The van der Waals surface area contributed by atoms with E-state index in [4.69, 9.17) is 0 Å². The molecule has 1 aromatic heterocycles. The Morgan fingerprint density at radius 2 is 2.07 bits per heavy atom. The minimum absolute atomic E-state index is 0.379. The Bertz CT molecular complexity index is 990. The minimum Gasteiger partial charge on any atom is -0.374 e. The molecule has 0 unspecified atom stereocenters. The molecule has 2 amide bonds. The second-order valence-corrected chi connectivity index (χ2v) is 8.18. The molecule has 0 radical (unpaired) electrons. The van der Waals surface area contributed by atoms with Crippen molar-refractivity contribution in [3.05, 3.63) is 70.5 Å². The first kappa shape index (κ1) is 21.9. The number of hydrogen-bond acceptors (Lipinski definition) is 3. The molecule has 1 aromatic carbocycles. The Balaban J connectivity index is 1.43. The van der Waals surface area contributed by atoms with Gasteiger partial charge >= 0.3 is 0 Å². The number of hydrogen-bond donors (Lipinski definition) is 3. The molecule has 3 N–H and O–H groups in total. The lowest BCUT2D eigenvalue weighted by Gasteiger charge is -2.21. The number of carbonyl (C=O) groups is 2. The van der Waals surface area contributed by atoms with E-state index in [1.165, 1.54) is 31.8 Å². The molecule has 1 aliphatic rings. The second-order valence-electron chi connectivity index (χ2n) is 7.27. The van der Waals surface area contributed by atoms with Crippen LogP contribution in [-0.2, 0) is 4.79 Å². The van der Waals surface area contributed by atoms with E-state index >= 15 is 0 Å². The predicted molar refractivity (Wildman–Crippen MR) is 124 cm³/mol. The quantitative estimate of drug-likeness (QED) is 0.300. The number of allylic oxidation sites excluding steroid dienone is 3. The van der Waals surface area contributed by atoms with Crippen LogP contribution < -0.4 is 10.9 Å². The number of hydrazine groups is 1. The largest absolute Gasteiger partial charge is 0.374 e. The molecule has 158 valence electrons. The number of H-pyrrole nitrogens is 1. The molecule has 2 aromatic rings. The maximum Gasteiger partial charge on any atom is 0.286 e. The van der Waals surface area contributed by atoms with Gasteiger partial charge in [0.15, 0.2) is 0 Å². The van der Waals surface area contributed by atoms with Crippen LogP contribution in [0, 0.1) is 0 Å². The third-order valence-electron chi connectivity index (χ3n) is 4.89. The maximum absolute atomic E-state index is 12.3. The lowest BCUT2D eigenvalue weighted by molar-refractivity contribution is -0.117. The van der Waals surface area contributed by atoms with E-state index in [9.17, 15) is 9.59 Å². The van der Waals surface area contributed by atoms with Crippen molar-refractivity contribution in [3.8, 4) is 0 Å². The topological polar surface area (TPSA) is 77.2 Å². The molecule has 6 nitrogen and oxygen atoms in total. The molecule has 1 aliphatic heterocycles. The molecule has 0 atom stereocenters. The summed E-state index contributed by atoms with van der Waals surface area (Å²) in [6.45, 7) is 4.11. The van der Waals surface area contributed by atoms with Gasteiger partial charge in [-0.1, -0.05) is 48.2 Å². The maximum atomic E-state index is 12.3. The van der Waals surface area contributed by atoms with Crippen LogP contribution >= 0.6 is 15.9 Å². The first-order valence-corrected chi connectivity index (χ1v) is 11.0. The van der Waals surface area contributed by atoms with Crippen LogP contribution in [0.5, 0.6) is 0 Å². The van der Waals surface area contributed by atoms with E-state index in [0.717, 1.165) is 34.0 Å². The normalized spacial score (nSPS) is 13.7. The summed E-state index contributed by atoms with van der Waals surface area (Å²) in [5.41, 5.74) is 7.04. The van der Waals surface area contributed by atoms with Crippen molar-refractivity contribution in [2.45, 2.75) is 32.6 Å². The Morgan fingerprint density at radius 1 is 1.20 bits per heavy atom. The highest BCUT2D eigenvalue weighted by Crippen LogP contribution is 2.20. The average Bonchev–Trinajstić information content (AvgIpc) is 3.17. The molecule has 2 heterocycles. The molecular formula is C23H27BrN4O2. The second kappa shape index (κ2) is 10.8. The molecule has 0 aliphatic carbocycles. The van der Waals surface area contributed by atoms with Gasteiger partial charge in [0.1, 0.15) is 5.69 Å². The van der Waals surface area contributed by atoms with Crippen molar-refractivity contribution >= 4 is 38.6 Å². The Morgan fingerprint density at radius 3 is 2.83 bits per heavy atom. The highest BCUT2D eigenvalue weighted by Gasteiger charge is 2.10. The number of fused-ring (bicyclic) bond motifs is 1. The van der Waals surface area contributed by atoms with Crippen LogP contribution in [0.3, 0.4) is 0 Å². The smallest absolute Gasteiger partial charge is 0.286 e. The zero-order valence-electron chi connectivity index (χ0n) is 17.1. The number of nitrogens with zero attached hydrogens (tertiary/aromatic N) is 1. The number of unbranched alkanes of at least 4 members (excludes halogenated alkanes) is 3. The number of carbonyl (C=O) groups excluding carboxylic acids is 2. The zero-order valence-corrected chi connectivity index (χ0v) is 18.7. The monoisotopic (exact) mass is 470 g/mol. The van der Waals surface area contributed by atoms with E-state index in [-0.39, 0.29) is 0 Å². The summed E-state index contributed by atoms with van der Waals surface area (Å²) in [4.78, 5) is 29.6. The summed E-state index contributed by atoms with van der Waals surface area (Å²) in [6.07, 6.45) is 14.3. The molecule has 0 spiro atoms. The van der Waals surface area contributed by atoms with Crippen molar-refractivity contribution in [2.24, 2.45) is 0 Å². The first-order valence-electron chi connectivity index (χ1n) is 10.2. The zero-order chi connectivity index (χ0) is 21.3. The molecule has 3 rings (SSSR count). The highest BCUT2D eigenvalue weighted by atomic mass is 79.9. The third kappa shape index (κ3) is 6.35. The van der Waals surface area contributed by atoms with Crippen LogP contribution in [0.2, 0.25) is 0 Å². The van der Waals surface area contributed by atoms with Crippen molar-refractivity contribution in [1.82, 2.24) is 20.7 Å². The van der Waals surface area contributed by atoms with Crippen LogP contribution in [0.4, 0.5) is 0 Å². The van der Waals surface area contributed by atoms with Crippen LogP contribution in [-0.4, -0.2) is 34.8 Å². The van der Waals surface area contributed by atoms with Gasteiger partial charge < -0.3 is 9.88 Å². The molecule has 0 saturated carbocycles. The van der Waals surface area contributed by atoms with Crippen LogP contribution in [0.15, 0.2) is 64.8 Å². The predicted octanol–water partition coefficient (Wildman–Crippen LogP) is 4.58. The number of aromatic nitrogens is 1. The van der Waals surface area contributed by atoms with E-state index in [1.54, 1.807) is 12.1 Å². The van der Waals surface area contributed by atoms with Crippen molar-refractivity contribution < 1.29 is 9.59 Å². The van der Waals surface area contributed by atoms with Gasteiger partial charge in [0.2, 0.25) is 0 Å². The Hall–Kier alpha value is -2.80. The summed E-state index contributed by atoms with van der Waals surface area (Å²) >= 11 is 3.41.